The second kappa shape index (κ2) is 8.07. The molecule has 0 radical (unpaired) electrons. The molecule has 0 atom stereocenters. The number of hydrogen-bond acceptors (Lipinski definition) is 5. The molecule has 1 aliphatic rings. The van der Waals surface area contributed by atoms with Gasteiger partial charge in [-0.3, -0.25) is 15.0 Å². The predicted octanol–water partition coefficient (Wildman–Crippen LogP) is 1.14. The number of hydrogen-bond donors (Lipinski definition) is 1. The first kappa shape index (κ1) is 15.9. The Hall–Kier alpha value is -1.50. The van der Waals surface area contributed by atoms with Crippen LogP contribution in [0.3, 0.4) is 0 Å². The second-order valence-corrected chi connectivity index (χ2v) is 5.40. The van der Waals surface area contributed by atoms with Crippen LogP contribution in [0.5, 0.6) is 0 Å². The molecule has 1 heterocycles. The number of para-hydroxylation sites is 1. The van der Waals surface area contributed by atoms with Crippen LogP contribution in [0.15, 0.2) is 24.3 Å². The zero-order chi connectivity index (χ0) is 15.1. The molecule has 6 heteroatoms. The Kier molecular flexibility index (Phi) is 6.10. The van der Waals surface area contributed by atoms with E-state index in [2.05, 4.69) is 9.80 Å². The molecular weight excluding hydrogens is 270 g/mol. The van der Waals surface area contributed by atoms with Gasteiger partial charge in [0.15, 0.2) is 0 Å². The molecular formula is C15H23N3O3. The van der Waals surface area contributed by atoms with Crippen molar-refractivity contribution in [1.29, 1.82) is 0 Å². The summed E-state index contributed by atoms with van der Waals surface area (Å²) in [6.07, 6.45) is 1.79. The highest BCUT2D eigenvalue weighted by molar-refractivity contribution is 5.39. The summed E-state index contributed by atoms with van der Waals surface area (Å²) in [5, 5.41) is 20.0. The standard InChI is InChI=1S/C15H23N3O3/c19-13-12-17-8-3-7-16(10-11-17)9-6-14-4-1-2-5-15(14)18(20)21/h1-2,4-5,19H,3,6-13H2. The fourth-order valence-electron chi connectivity index (χ4n) is 2.79. The molecule has 0 amide bonds. The van der Waals surface area contributed by atoms with Crippen molar-refractivity contribution in [1.82, 2.24) is 9.80 Å². The fraction of sp³-hybridized carbons (Fsp3) is 0.600. The molecule has 1 aromatic rings. The number of nitrogens with zero attached hydrogens (tertiary/aromatic N) is 3. The first-order valence-corrected chi connectivity index (χ1v) is 7.48. The van der Waals surface area contributed by atoms with Gasteiger partial charge in [0.1, 0.15) is 0 Å². The third kappa shape index (κ3) is 4.77. The Labute approximate surface area is 125 Å². The minimum atomic E-state index is -0.305. The van der Waals surface area contributed by atoms with Crippen molar-refractivity contribution in [2.45, 2.75) is 12.8 Å². The summed E-state index contributed by atoms with van der Waals surface area (Å²) < 4.78 is 0. The van der Waals surface area contributed by atoms with Gasteiger partial charge >= 0.3 is 0 Å². The van der Waals surface area contributed by atoms with Gasteiger partial charge in [0.25, 0.3) is 5.69 Å². The van der Waals surface area contributed by atoms with Crippen molar-refractivity contribution in [3.8, 4) is 0 Å². The van der Waals surface area contributed by atoms with E-state index in [0.717, 1.165) is 51.3 Å². The molecule has 0 aromatic heterocycles. The number of benzene rings is 1. The van der Waals surface area contributed by atoms with Crippen LogP contribution in [0, 0.1) is 10.1 Å². The van der Waals surface area contributed by atoms with Crippen molar-refractivity contribution in [2.75, 3.05) is 45.9 Å². The zero-order valence-electron chi connectivity index (χ0n) is 12.3. The molecule has 1 saturated heterocycles. The van der Waals surface area contributed by atoms with Gasteiger partial charge in [-0.15, -0.1) is 0 Å². The summed E-state index contributed by atoms with van der Waals surface area (Å²) in [6.45, 7) is 5.73. The fourth-order valence-corrected chi connectivity index (χ4v) is 2.79. The lowest BCUT2D eigenvalue weighted by molar-refractivity contribution is -0.385. The van der Waals surface area contributed by atoms with Gasteiger partial charge in [-0.1, -0.05) is 18.2 Å². The van der Waals surface area contributed by atoms with Crippen LogP contribution in [-0.4, -0.2) is 65.7 Å². The summed E-state index contributed by atoms with van der Waals surface area (Å²) in [7, 11) is 0. The molecule has 2 rings (SSSR count). The zero-order valence-corrected chi connectivity index (χ0v) is 12.3. The highest BCUT2D eigenvalue weighted by Gasteiger charge is 2.16. The van der Waals surface area contributed by atoms with Gasteiger partial charge in [0.2, 0.25) is 0 Å². The molecule has 1 aromatic carbocycles. The van der Waals surface area contributed by atoms with Crippen molar-refractivity contribution in [3.05, 3.63) is 39.9 Å². The van der Waals surface area contributed by atoms with Crippen LogP contribution in [0.25, 0.3) is 0 Å². The highest BCUT2D eigenvalue weighted by Crippen LogP contribution is 2.18. The van der Waals surface area contributed by atoms with Crippen LogP contribution < -0.4 is 0 Å². The Morgan fingerprint density at radius 3 is 2.43 bits per heavy atom. The normalized spacial score (nSPS) is 17.6. The molecule has 0 aliphatic carbocycles. The highest BCUT2D eigenvalue weighted by atomic mass is 16.6. The first-order valence-electron chi connectivity index (χ1n) is 7.48. The maximum atomic E-state index is 11.0. The monoisotopic (exact) mass is 293 g/mol. The molecule has 0 bridgehead atoms. The van der Waals surface area contributed by atoms with E-state index >= 15 is 0 Å². The number of nitro benzene ring substituents is 1. The van der Waals surface area contributed by atoms with E-state index in [1.54, 1.807) is 12.1 Å². The number of aliphatic hydroxyl groups is 1. The van der Waals surface area contributed by atoms with E-state index in [0.29, 0.717) is 6.42 Å². The topological polar surface area (TPSA) is 69.9 Å². The molecule has 0 spiro atoms. The smallest absolute Gasteiger partial charge is 0.272 e. The lowest BCUT2D eigenvalue weighted by Crippen LogP contribution is -2.33. The van der Waals surface area contributed by atoms with E-state index in [-0.39, 0.29) is 17.2 Å². The Bertz CT molecular complexity index is 467. The van der Waals surface area contributed by atoms with Gasteiger partial charge in [-0.05, 0) is 25.9 Å². The molecule has 1 fully saturated rings. The average molecular weight is 293 g/mol. The van der Waals surface area contributed by atoms with E-state index < -0.39 is 0 Å². The number of β-amino-alcohol motifs (C(OH)–C–C–N with tert-alkyl or cyclic N) is 1. The van der Waals surface area contributed by atoms with Crippen molar-refractivity contribution < 1.29 is 10.0 Å². The van der Waals surface area contributed by atoms with Crippen LogP contribution in [-0.2, 0) is 6.42 Å². The summed E-state index contributed by atoms with van der Waals surface area (Å²) in [5.41, 5.74) is 1.02. The van der Waals surface area contributed by atoms with Crippen LogP contribution >= 0.6 is 0 Å². The van der Waals surface area contributed by atoms with Gasteiger partial charge in [-0.2, -0.15) is 0 Å². The maximum absolute atomic E-state index is 11.0. The summed E-state index contributed by atoms with van der Waals surface area (Å²) in [5.74, 6) is 0. The Balaban J connectivity index is 1.87. The van der Waals surface area contributed by atoms with Crippen molar-refractivity contribution in [3.63, 3.8) is 0 Å². The SMILES string of the molecule is O=[N+]([O-])c1ccccc1CCN1CCCN(CCO)CC1. The molecule has 116 valence electrons. The first-order chi connectivity index (χ1) is 10.2. The van der Waals surface area contributed by atoms with Gasteiger partial charge < -0.3 is 10.0 Å². The lowest BCUT2D eigenvalue weighted by Gasteiger charge is -2.21. The lowest BCUT2D eigenvalue weighted by atomic mass is 10.1. The third-order valence-electron chi connectivity index (χ3n) is 3.98. The summed E-state index contributed by atoms with van der Waals surface area (Å²) in [4.78, 5) is 15.3. The third-order valence-corrected chi connectivity index (χ3v) is 3.98. The number of nitro groups is 1. The number of aliphatic hydroxyl groups excluding tert-OH is 1. The summed E-state index contributed by atoms with van der Waals surface area (Å²) >= 11 is 0. The van der Waals surface area contributed by atoms with Crippen LogP contribution in [0.1, 0.15) is 12.0 Å². The molecule has 0 unspecified atom stereocenters. The van der Waals surface area contributed by atoms with E-state index in [1.807, 2.05) is 12.1 Å². The van der Waals surface area contributed by atoms with Crippen molar-refractivity contribution in [2.24, 2.45) is 0 Å². The van der Waals surface area contributed by atoms with Gasteiger partial charge in [0, 0.05) is 37.8 Å². The summed E-state index contributed by atoms with van der Waals surface area (Å²) in [6, 6.07) is 6.98. The second-order valence-electron chi connectivity index (χ2n) is 5.40. The largest absolute Gasteiger partial charge is 0.395 e. The quantitative estimate of drug-likeness (QED) is 0.629. The molecule has 6 nitrogen and oxygen atoms in total. The minimum Gasteiger partial charge on any atom is -0.395 e. The van der Waals surface area contributed by atoms with E-state index in [9.17, 15) is 10.1 Å². The molecule has 21 heavy (non-hydrogen) atoms. The number of rotatable bonds is 6. The minimum absolute atomic E-state index is 0.205. The van der Waals surface area contributed by atoms with Gasteiger partial charge in [-0.25, -0.2) is 0 Å². The maximum Gasteiger partial charge on any atom is 0.272 e. The van der Waals surface area contributed by atoms with Gasteiger partial charge in [0.05, 0.1) is 11.5 Å². The Morgan fingerprint density at radius 2 is 1.76 bits per heavy atom. The predicted molar refractivity (Wildman–Crippen MR) is 81.4 cm³/mol. The van der Waals surface area contributed by atoms with Crippen LogP contribution in [0.2, 0.25) is 0 Å². The van der Waals surface area contributed by atoms with E-state index in [4.69, 9.17) is 5.11 Å². The Morgan fingerprint density at radius 1 is 1.10 bits per heavy atom. The average Bonchev–Trinajstić information content (AvgIpc) is 2.71. The molecule has 1 N–H and O–H groups in total. The van der Waals surface area contributed by atoms with Crippen LogP contribution in [0.4, 0.5) is 5.69 Å². The molecule has 0 saturated carbocycles. The van der Waals surface area contributed by atoms with E-state index in [1.165, 1.54) is 0 Å². The van der Waals surface area contributed by atoms with Crippen molar-refractivity contribution >= 4 is 5.69 Å². The molecule has 1 aliphatic heterocycles.